The van der Waals surface area contributed by atoms with Crippen molar-refractivity contribution < 1.29 is 8.42 Å². The SMILES string of the molecule is CC(C)(C)CCC/C=C/C(C)(C)CS(=O)(=O)C(C)(C)C. The minimum Gasteiger partial charge on any atom is -0.228 e. The third kappa shape index (κ3) is 8.08. The van der Waals surface area contributed by atoms with Gasteiger partial charge in [0.1, 0.15) is 0 Å². The van der Waals surface area contributed by atoms with Gasteiger partial charge in [-0.1, -0.05) is 46.8 Å². The van der Waals surface area contributed by atoms with Gasteiger partial charge in [0, 0.05) is 0 Å². The summed E-state index contributed by atoms with van der Waals surface area (Å²) in [5.41, 5.74) is 0.0762. The van der Waals surface area contributed by atoms with E-state index in [1.54, 1.807) is 20.8 Å². The molecule has 120 valence electrons. The zero-order valence-electron chi connectivity index (χ0n) is 14.7. The van der Waals surface area contributed by atoms with E-state index < -0.39 is 14.6 Å². The van der Waals surface area contributed by atoms with Crippen molar-refractivity contribution in [2.24, 2.45) is 10.8 Å². The Balaban J connectivity index is 4.47. The second-order valence-electron chi connectivity index (χ2n) is 8.72. The maximum Gasteiger partial charge on any atom is 0.156 e. The van der Waals surface area contributed by atoms with Gasteiger partial charge in [-0.15, -0.1) is 0 Å². The molecule has 0 N–H and O–H groups in total. The van der Waals surface area contributed by atoms with Gasteiger partial charge in [0.15, 0.2) is 9.84 Å². The van der Waals surface area contributed by atoms with Gasteiger partial charge in [0.2, 0.25) is 0 Å². The number of rotatable bonds is 6. The highest BCUT2D eigenvalue weighted by Crippen LogP contribution is 2.27. The fraction of sp³-hybridized carbons (Fsp3) is 0.882. The third-order valence-electron chi connectivity index (χ3n) is 3.36. The third-order valence-corrected chi connectivity index (χ3v) is 6.35. The highest BCUT2D eigenvalue weighted by atomic mass is 32.2. The van der Waals surface area contributed by atoms with Crippen molar-refractivity contribution in [1.82, 2.24) is 0 Å². The van der Waals surface area contributed by atoms with Crippen LogP contribution in [0.1, 0.15) is 74.7 Å². The summed E-state index contributed by atoms with van der Waals surface area (Å²) >= 11 is 0. The van der Waals surface area contributed by atoms with Crippen LogP contribution in [0.2, 0.25) is 0 Å². The fourth-order valence-electron chi connectivity index (χ4n) is 1.91. The zero-order valence-corrected chi connectivity index (χ0v) is 15.5. The van der Waals surface area contributed by atoms with E-state index in [-0.39, 0.29) is 11.2 Å². The zero-order chi connectivity index (χ0) is 16.2. The second-order valence-corrected chi connectivity index (χ2v) is 11.5. The molecule has 0 aliphatic heterocycles. The maximum atomic E-state index is 12.3. The minimum atomic E-state index is -3.07. The van der Waals surface area contributed by atoms with E-state index in [2.05, 4.69) is 32.9 Å². The monoisotopic (exact) mass is 302 g/mol. The van der Waals surface area contributed by atoms with Crippen LogP contribution in [0.25, 0.3) is 0 Å². The molecule has 0 atom stereocenters. The summed E-state index contributed by atoms with van der Waals surface area (Å²) in [4.78, 5) is 0. The van der Waals surface area contributed by atoms with Gasteiger partial charge in [-0.2, -0.15) is 0 Å². The topological polar surface area (TPSA) is 34.1 Å². The molecule has 2 nitrogen and oxygen atoms in total. The molecular formula is C17H34O2S. The lowest BCUT2D eigenvalue weighted by molar-refractivity contribution is 0.366. The molecular weight excluding hydrogens is 268 g/mol. The van der Waals surface area contributed by atoms with Crippen molar-refractivity contribution in [3.05, 3.63) is 12.2 Å². The molecule has 0 heterocycles. The highest BCUT2D eigenvalue weighted by Gasteiger charge is 2.33. The molecule has 0 amide bonds. The summed E-state index contributed by atoms with van der Waals surface area (Å²) in [7, 11) is -3.07. The van der Waals surface area contributed by atoms with Crippen molar-refractivity contribution in [2.75, 3.05) is 5.75 Å². The van der Waals surface area contributed by atoms with Crippen molar-refractivity contribution in [3.8, 4) is 0 Å². The van der Waals surface area contributed by atoms with Crippen LogP contribution in [0.4, 0.5) is 0 Å². The van der Waals surface area contributed by atoms with E-state index in [1.807, 2.05) is 13.8 Å². The molecule has 20 heavy (non-hydrogen) atoms. The second kappa shape index (κ2) is 6.64. The van der Waals surface area contributed by atoms with Gasteiger partial charge in [0.05, 0.1) is 10.5 Å². The van der Waals surface area contributed by atoms with Crippen molar-refractivity contribution in [1.29, 1.82) is 0 Å². The van der Waals surface area contributed by atoms with Crippen LogP contribution >= 0.6 is 0 Å². The van der Waals surface area contributed by atoms with Crippen molar-refractivity contribution >= 4 is 9.84 Å². The normalized spacial score (nSPS) is 15.0. The van der Waals surface area contributed by atoms with Gasteiger partial charge in [-0.25, -0.2) is 8.42 Å². The Morgan fingerprint density at radius 2 is 1.40 bits per heavy atom. The van der Waals surface area contributed by atoms with Gasteiger partial charge in [0.25, 0.3) is 0 Å². The lowest BCUT2D eigenvalue weighted by atomic mass is 9.89. The highest BCUT2D eigenvalue weighted by molar-refractivity contribution is 7.92. The Bertz CT molecular complexity index is 415. The molecule has 0 radical (unpaired) electrons. The molecule has 0 rings (SSSR count). The fourth-order valence-corrected chi connectivity index (χ4v) is 3.42. The van der Waals surface area contributed by atoms with Gasteiger partial charge in [-0.3, -0.25) is 0 Å². The van der Waals surface area contributed by atoms with Gasteiger partial charge in [-0.05, 0) is 50.9 Å². The molecule has 0 aliphatic rings. The predicted molar refractivity (Wildman–Crippen MR) is 89.8 cm³/mol. The van der Waals surface area contributed by atoms with Crippen LogP contribution < -0.4 is 0 Å². The molecule has 0 fully saturated rings. The smallest absolute Gasteiger partial charge is 0.156 e. The quantitative estimate of drug-likeness (QED) is 0.511. The summed E-state index contributed by atoms with van der Waals surface area (Å²) in [6.07, 6.45) is 7.58. The van der Waals surface area contributed by atoms with Crippen LogP contribution in [0.5, 0.6) is 0 Å². The van der Waals surface area contributed by atoms with Gasteiger partial charge >= 0.3 is 0 Å². The van der Waals surface area contributed by atoms with E-state index in [0.29, 0.717) is 5.41 Å². The van der Waals surface area contributed by atoms with Gasteiger partial charge < -0.3 is 0 Å². The Labute approximate surface area is 127 Å². The average Bonchev–Trinajstić information content (AvgIpc) is 2.10. The number of hydrogen-bond acceptors (Lipinski definition) is 2. The van der Waals surface area contributed by atoms with E-state index in [4.69, 9.17) is 0 Å². The first kappa shape index (κ1) is 19.7. The predicted octanol–water partition coefficient (Wildman–Crippen LogP) is 5.00. The van der Waals surface area contributed by atoms with Crippen molar-refractivity contribution in [2.45, 2.75) is 79.4 Å². The first-order chi connectivity index (χ1) is 8.66. The number of allylic oxidation sites excluding steroid dienone is 2. The molecule has 0 aromatic rings. The molecule has 0 spiro atoms. The minimum absolute atomic E-state index is 0.208. The largest absolute Gasteiger partial charge is 0.228 e. The maximum absolute atomic E-state index is 12.3. The average molecular weight is 303 g/mol. The molecule has 3 heteroatoms. The number of hydrogen-bond donors (Lipinski definition) is 0. The molecule has 0 aromatic carbocycles. The molecule has 0 unspecified atom stereocenters. The van der Waals surface area contributed by atoms with Crippen LogP contribution in [-0.2, 0) is 9.84 Å². The Morgan fingerprint density at radius 1 is 0.900 bits per heavy atom. The van der Waals surface area contributed by atoms with E-state index >= 15 is 0 Å². The standard InChI is InChI=1S/C17H34O2S/c1-15(2,3)12-10-9-11-13-17(7,8)14-20(18,19)16(4,5)6/h11,13H,9-10,12,14H2,1-8H3/b13-11+. The van der Waals surface area contributed by atoms with E-state index in [0.717, 1.165) is 12.8 Å². The molecule has 0 aromatic heterocycles. The van der Waals surface area contributed by atoms with Crippen LogP contribution in [0, 0.1) is 10.8 Å². The summed E-state index contributed by atoms with van der Waals surface area (Å²) in [5, 5.41) is 0. The number of sulfone groups is 1. The first-order valence-electron chi connectivity index (χ1n) is 7.56. The van der Waals surface area contributed by atoms with Crippen molar-refractivity contribution in [3.63, 3.8) is 0 Å². The summed E-state index contributed by atoms with van der Waals surface area (Å²) in [6, 6.07) is 0. The summed E-state index contributed by atoms with van der Waals surface area (Å²) in [6.45, 7) is 16.0. The Hall–Kier alpha value is -0.310. The lowest BCUT2D eigenvalue weighted by Crippen LogP contribution is -2.35. The Kier molecular flexibility index (Phi) is 6.53. The van der Waals surface area contributed by atoms with Crippen LogP contribution in [0.15, 0.2) is 12.2 Å². The summed E-state index contributed by atoms with van der Waals surface area (Å²) in [5.74, 6) is 0.208. The molecule has 0 saturated heterocycles. The van der Waals surface area contributed by atoms with Crippen LogP contribution in [-0.4, -0.2) is 18.9 Å². The number of unbranched alkanes of at least 4 members (excludes halogenated alkanes) is 1. The lowest BCUT2D eigenvalue weighted by Gasteiger charge is -2.26. The molecule has 0 saturated carbocycles. The molecule has 0 aliphatic carbocycles. The molecule has 0 bridgehead atoms. The van der Waals surface area contributed by atoms with E-state index in [1.165, 1.54) is 6.42 Å². The first-order valence-corrected chi connectivity index (χ1v) is 9.22. The summed E-state index contributed by atoms with van der Waals surface area (Å²) < 4.78 is 23.8. The van der Waals surface area contributed by atoms with Crippen LogP contribution in [0.3, 0.4) is 0 Å². The van der Waals surface area contributed by atoms with E-state index in [9.17, 15) is 8.42 Å². The Morgan fingerprint density at radius 3 is 1.80 bits per heavy atom.